The molecule has 0 radical (unpaired) electrons. The Morgan fingerprint density at radius 1 is 1.06 bits per heavy atom. The Bertz CT molecular complexity index is 1140. The van der Waals surface area contributed by atoms with E-state index in [1.165, 1.54) is 0 Å². The summed E-state index contributed by atoms with van der Waals surface area (Å²) in [6, 6.07) is 17.5. The third-order valence-electron chi connectivity index (χ3n) is 5.34. The minimum absolute atomic E-state index is 0.0247. The lowest BCUT2D eigenvalue weighted by molar-refractivity contribution is -0.120. The number of ether oxygens (including phenoxy) is 1. The molecule has 0 fully saturated rings. The van der Waals surface area contributed by atoms with Crippen molar-refractivity contribution >= 4 is 5.91 Å². The van der Waals surface area contributed by atoms with Crippen molar-refractivity contribution in [2.75, 3.05) is 0 Å². The molecule has 0 aliphatic rings. The van der Waals surface area contributed by atoms with Crippen molar-refractivity contribution < 1.29 is 14.1 Å². The molecule has 0 atom stereocenters. The molecule has 0 saturated heterocycles. The molecule has 2 heterocycles. The largest absolute Gasteiger partial charge is 0.489 e. The van der Waals surface area contributed by atoms with Crippen LogP contribution in [0.4, 0.5) is 0 Å². The molecule has 164 valence electrons. The third kappa shape index (κ3) is 5.43. The molecule has 7 nitrogen and oxygen atoms in total. The summed E-state index contributed by atoms with van der Waals surface area (Å²) in [5, 5.41) is 11.2. The Hall–Kier alpha value is -3.87. The maximum Gasteiger partial charge on any atom is 0.224 e. The Balaban J connectivity index is 1.28. The van der Waals surface area contributed by atoms with Gasteiger partial charge < -0.3 is 14.6 Å². The average Bonchev–Trinajstić information content (AvgIpc) is 3.42. The number of benzene rings is 2. The molecule has 0 aliphatic heterocycles. The van der Waals surface area contributed by atoms with E-state index in [1.54, 1.807) is 6.20 Å². The first-order valence-electron chi connectivity index (χ1n) is 10.5. The van der Waals surface area contributed by atoms with E-state index in [9.17, 15) is 4.79 Å². The minimum Gasteiger partial charge on any atom is -0.489 e. The number of aryl methyl sites for hydroxylation is 2. The number of hydrogen-bond acceptors (Lipinski definition) is 5. The molecule has 0 bridgehead atoms. The van der Waals surface area contributed by atoms with Crippen LogP contribution >= 0.6 is 0 Å². The first-order valence-corrected chi connectivity index (χ1v) is 10.5. The van der Waals surface area contributed by atoms with Gasteiger partial charge in [0.1, 0.15) is 18.1 Å². The van der Waals surface area contributed by atoms with Gasteiger partial charge in [-0.05, 0) is 48.7 Å². The van der Waals surface area contributed by atoms with Gasteiger partial charge in [-0.25, -0.2) is 0 Å². The van der Waals surface area contributed by atoms with Crippen LogP contribution in [0.3, 0.4) is 0 Å². The molecule has 2 aromatic carbocycles. The van der Waals surface area contributed by atoms with Gasteiger partial charge in [0.2, 0.25) is 5.91 Å². The molecule has 0 unspecified atom stereocenters. The number of carbonyl (C=O) groups excluding carboxylic acids is 1. The van der Waals surface area contributed by atoms with Gasteiger partial charge in [0.15, 0.2) is 0 Å². The standard InChI is InChI=1S/C25H26N4O3/c1-18-24(19(2)32-28-18)17-31-23-10-8-20(9-11-23)14-25(30)26-15-21-6-3-4-7-22(21)16-29-13-5-12-27-29/h3-13H,14-17H2,1-2H3,(H,26,30). The topological polar surface area (TPSA) is 82.2 Å². The Kier molecular flexibility index (Phi) is 6.65. The fourth-order valence-electron chi connectivity index (χ4n) is 3.46. The van der Waals surface area contributed by atoms with Crippen molar-refractivity contribution in [1.29, 1.82) is 0 Å². The molecule has 1 amide bonds. The number of amides is 1. The lowest BCUT2D eigenvalue weighted by Gasteiger charge is -2.11. The molecule has 1 N–H and O–H groups in total. The first kappa shape index (κ1) is 21.4. The molecule has 2 aromatic heterocycles. The lowest BCUT2D eigenvalue weighted by atomic mass is 10.1. The summed E-state index contributed by atoms with van der Waals surface area (Å²) < 4.78 is 12.9. The second-order valence-electron chi connectivity index (χ2n) is 7.66. The van der Waals surface area contributed by atoms with E-state index >= 15 is 0 Å². The number of rotatable bonds is 9. The number of aromatic nitrogens is 3. The third-order valence-corrected chi connectivity index (χ3v) is 5.34. The van der Waals surface area contributed by atoms with Crippen molar-refractivity contribution in [2.45, 2.75) is 40.0 Å². The van der Waals surface area contributed by atoms with Crippen LogP contribution in [0.1, 0.15) is 33.7 Å². The molecule has 4 aromatic rings. The van der Waals surface area contributed by atoms with E-state index in [1.807, 2.05) is 73.3 Å². The smallest absolute Gasteiger partial charge is 0.224 e. The van der Waals surface area contributed by atoms with Gasteiger partial charge in [0.05, 0.1) is 24.2 Å². The van der Waals surface area contributed by atoms with Crippen LogP contribution in [-0.2, 0) is 30.9 Å². The van der Waals surface area contributed by atoms with Crippen molar-refractivity contribution in [3.8, 4) is 5.75 Å². The van der Waals surface area contributed by atoms with E-state index in [0.29, 0.717) is 26.1 Å². The Labute approximate surface area is 187 Å². The maximum absolute atomic E-state index is 12.5. The van der Waals surface area contributed by atoms with Crippen LogP contribution in [0.2, 0.25) is 0 Å². The average molecular weight is 431 g/mol. The highest BCUT2D eigenvalue weighted by atomic mass is 16.5. The lowest BCUT2D eigenvalue weighted by Crippen LogP contribution is -2.25. The Morgan fingerprint density at radius 2 is 1.84 bits per heavy atom. The van der Waals surface area contributed by atoms with E-state index in [4.69, 9.17) is 9.26 Å². The molecule has 0 saturated carbocycles. The number of nitrogens with zero attached hydrogens (tertiary/aromatic N) is 3. The normalized spacial score (nSPS) is 10.8. The van der Waals surface area contributed by atoms with Crippen molar-refractivity contribution in [3.05, 3.63) is 101 Å². The van der Waals surface area contributed by atoms with E-state index < -0.39 is 0 Å². The van der Waals surface area contributed by atoms with E-state index in [0.717, 1.165) is 39.5 Å². The van der Waals surface area contributed by atoms with Crippen LogP contribution in [0.5, 0.6) is 5.75 Å². The second-order valence-corrected chi connectivity index (χ2v) is 7.66. The van der Waals surface area contributed by atoms with Crippen molar-refractivity contribution in [2.24, 2.45) is 0 Å². The molecule has 4 rings (SSSR count). The van der Waals surface area contributed by atoms with Crippen LogP contribution < -0.4 is 10.1 Å². The molecular formula is C25H26N4O3. The fourth-order valence-corrected chi connectivity index (χ4v) is 3.46. The van der Waals surface area contributed by atoms with Crippen molar-refractivity contribution in [3.63, 3.8) is 0 Å². The summed E-state index contributed by atoms with van der Waals surface area (Å²) in [7, 11) is 0. The molecule has 0 spiro atoms. The Morgan fingerprint density at radius 3 is 2.53 bits per heavy atom. The summed E-state index contributed by atoms with van der Waals surface area (Å²) in [6.45, 7) is 5.32. The highest BCUT2D eigenvalue weighted by Crippen LogP contribution is 2.18. The van der Waals surface area contributed by atoms with Gasteiger partial charge in [-0.15, -0.1) is 0 Å². The molecular weight excluding hydrogens is 404 g/mol. The predicted molar refractivity (Wildman–Crippen MR) is 120 cm³/mol. The monoisotopic (exact) mass is 430 g/mol. The van der Waals surface area contributed by atoms with Crippen molar-refractivity contribution in [1.82, 2.24) is 20.3 Å². The summed E-state index contributed by atoms with van der Waals surface area (Å²) in [5.41, 5.74) is 4.94. The van der Waals surface area contributed by atoms with Crippen LogP contribution in [0.15, 0.2) is 71.5 Å². The number of carbonyl (C=O) groups is 1. The fraction of sp³-hybridized carbons (Fsp3) is 0.240. The van der Waals surface area contributed by atoms with Crippen LogP contribution in [0, 0.1) is 13.8 Å². The summed E-state index contributed by atoms with van der Waals surface area (Å²) in [4.78, 5) is 12.5. The van der Waals surface area contributed by atoms with E-state index in [2.05, 4.69) is 21.6 Å². The van der Waals surface area contributed by atoms with Gasteiger partial charge >= 0.3 is 0 Å². The molecule has 32 heavy (non-hydrogen) atoms. The van der Waals surface area contributed by atoms with Gasteiger partial charge in [0, 0.05) is 18.9 Å². The summed E-state index contributed by atoms with van der Waals surface area (Å²) in [5.74, 6) is 1.48. The quantitative estimate of drug-likeness (QED) is 0.434. The van der Waals surface area contributed by atoms with Gasteiger partial charge in [0.25, 0.3) is 0 Å². The van der Waals surface area contributed by atoms with Crippen LogP contribution in [-0.4, -0.2) is 20.8 Å². The highest BCUT2D eigenvalue weighted by Gasteiger charge is 2.10. The minimum atomic E-state index is -0.0247. The second kappa shape index (κ2) is 9.96. The van der Waals surface area contributed by atoms with Crippen LogP contribution in [0.25, 0.3) is 0 Å². The predicted octanol–water partition coefficient (Wildman–Crippen LogP) is 3.97. The zero-order chi connectivity index (χ0) is 22.3. The number of hydrogen-bond donors (Lipinski definition) is 1. The van der Waals surface area contributed by atoms with E-state index in [-0.39, 0.29) is 5.91 Å². The summed E-state index contributed by atoms with van der Waals surface area (Å²) >= 11 is 0. The first-order chi connectivity index (χ1) is 15.6. The molecule has 7 heteroatoms. The van der Waals surface area contributed by atoms with Gasteiger partial charge in [-0.2, -0.15) is 5.10 Å². The van der Waals surface area contributed by atoms with Gasteiger partial charge in [-0.1, -0.05) is 41.6 Å². The zero-order valence-electron chi connectivity index (χ0n) is 18.2. The zero-order valence-corrected chi connectivity index (χ0v) is 18.2. The number of nitrogens with one attached hydrogen (secondary N) is 1. The maximum atomic E-state index is 12.5. The highest BCUT2D eigenvalue weighted by molar-refractivity contribution is 5.78. The summed E-state index contributed by atoms with van der Waals surface area (Å²) in [6.07, 6.45) is 4.00. The molecule has 0 aliphatic carbocycles. The SMILES string of the molecule is Cc1noc(C)c1COc1ccc(CC(=O)NCc2ccccc2Cn2cccn2)cc1. The van der Waals surface area contributed by atoms with Gasteiger partial charge in [-0.3, -0.25) is 9.48 Å².